The fourth-order valence-electron chi connectivity index (χ4n) is 0.630. The Morgan fingerprint density at radius 2 is 2.00 bits per heavy atom. The second-order valence-corrected chi connectivity index (χ2v) is 2.21. The fourth-order valence-corrected chi connectivity index (χ4v) is 0.630. The van der Waals surface area contributed by atoms with Gasteiger partial charge in [0.1, 0.15) is 0 Å². The van der Waals surface area contributed by atoms with Crippen LogP contribution in [0, 0.1) is 0 Å². The molecule has 3 nitrogen and oxygen atoms in total. The van der Waals surface area contributed by atoms with Crippen LogP contribution in [0.4, 0.5) is 0 Å². The normalized spacial score (nSPS) is 9.08. The van der Waals surface area contributed by atoms with Crippen molar-refractivity contribution in [2.24, 2.45) is 0 Å². The van der Waals surface area contributed by atoms with E-state index in [9.17, 15) is 4.79 Å². The van der Waals surface area contributed by atoms with Crippen LogP contribution >= 0.6 is 0 Å². The molecular weight excluding hydrogens is 156 g/mol. The van der Waals surface area contributed by atoms with Crippen molar-refractivity contribution >= 4 is 5.97 Å². The molecular formula is C9H10O3. The Morgan fingerprint density at radius 3 is 2.58 bits per heavy atom. The Balaban J connectivity index is 2.38. The van der Waals surface area contributed by atoms with Crippen molar-refractivity contribution in [2.75, 3.05) is 0 Å². The highest BCUT2D eigenvalue weighted by Gasteiger charge is 1.99. The van der Waals surface area contributed by atoms with Crippen LogP contribution in [0.5, 0.6) is 5.75 Å². The summed E-state index contributed by atoms with van der Waals surface area (Å²) < 4.78 is 0. The van der Waals surface area contributed by atoms with Crippen molar-refractivity contribution in [1.82, 2.24) is 0 Å². The molecule has 3 heteroatoms. The summed E-state index contributed by atoms with van der Waals surface area (Å²) >= 11 is 0. The van der Waals surface area contributed by atoms with Gasteiger partial charge < -0.3 is 0 Å². The zero-order valence-corrected chi connectivity index (χ0v) is 6.82. The molecule has 1 aromatic carbocycles. The largest absolute Gasteiger partial charge is 0.355 e. The van der Waals surface area contributed by atoms with E-state index in [-0.39, 0.29) is 5.97 Å². The van der Waals surface area contributed by atoms with Gasteiger partial charge in [-0.25, -0.2) is 4.79 Å². The van der Waals surface area contributed by atoms with Crippen molar-refractivity contribution in [2.45, 2.75) is 13.3 Å². The monoisotopic (exact) mass is 166 g/mol. The first-order chi connectivity index (χ1) is 5.83. The molecule has 0 fully saturated rings. The van der Waals surface area contributed by atoms with Gasteiger partial charge in [0.05, 0.1) is 0 Å². The molecule has 1 aromatic rings. The van der Waals surface area contributed by atoms with E-state index in [0.29, 0.717) is 12.2 Å². The Bertz CT molecular complexity index is 243. The predicted molar refractivity (Wildman–Crippen MR) is 43.5 cm³/mol. The maximum atomic E-state index is 10.6. The summed E-state index contributed by atoms with van der Waals surface area (Å²) in [5.41, 5.74) is 0. The number of carbonyl (C=O) groups excluding carboxylic acids is 1. The highest BCUT2D eigenvalue weighted by Crippen LogP contribution is 2.08. The molecule has 0 unspecified atom stereocenters. The van der Waals surface area contributed by atoms with Crippen LogP contribution in [0.1, 0.15) is 13.3 Å². The average molecular weight is 166 g/mol. The molecule has 64 valence electrons. The van der Waals surface area contributed by atoms with Crippen LogP contribution in [0.25, 0.3) is 0 Å². The molecule has 0 saturated carbocycles. The molecule has 0 radical (unpaired) electrons. The number of para-hydroxylation sites is 1. The minimum absolute atomic E-state index is 0.312. The molecule has 0 atom stereocenters. The maximum absolute atomic E-state index is 10.6. The lowest BCUT2D eigenvalue weighted by Gasteiger charge is -2.01. The Labute approximate surface area is 70.8 Å². The number of benzene rings is 1. The van der Waals surface area contributed by atoms with Crippen LogP contribution < -0.4 is 4.89 Å². The molecule has 0 heterocycles. The van der Waals surface area contributed by atoms with Crippen LogP contribution in [0.2, 0.25) is 0 Å². The standard InChI is InChI=1S/C9H10O3/c1-2-9(10)12-11-8-6-4-3-5-7-8/h3-7H,2H2,1H3. The lowest BCUT2D eigenvalue weighted by atomic mass is 10.3. The van der Waals surface area contributed by atoms with Crippen molar-refractivity contribution in [3.8, 4) is 5.75 Å². The highest BCUT2D eigenvalue weighted by molar-refractivity contribution is 5.68. The Kier molecular flexibility index (Phi) is 3.14. The highest BCUT2D eigenvalue weighted by atomic mass is 17.2. The number of carbonyl (C=O) groups is 1. The van der Waals surface area contributed by atoms with Gasteiger partial charge in [-0.3, -0.25) is 9.78 Å². The van der Waals surface area contributed by atoms with Gasteiger partial charge in [-0.05, 0) is 12.1 Å². The van der Waals surface area contributed by atoms with Crippen LogP contribution in [0.15, 0.2) is 30.3 Å². The van der Waals surface area contributed by atoms with E-state index in [1.807, 2.05) is 6.07 Å². The van der Waals surface area contributed by atoms with Gasteiger partial charge in [-0.15, -0.1) is 0 Å². The zero-order chi connectivity index (χ0) is 8.81. The summed E-state index contributed by atoms with van der Waals surface area (Å²) in [5.74, 6) is 0.151. The molecule has 0 aliphatic heterocycles. The van der Waals surface area contributed by atoms with E-state index < -0.39 is 0 Å². The molecule has 0 amide bonds. The van der Waals surface area contributed by atoms with E-state index >= 15 is 0 Å². The number of rotatable bonds is 3. The Morgan fingerprint density at radius 1 is 1.33 bits per heavy atom. The van der Waals surface area contributed by atoms with Crippen LogP contribution in [-0.2, 0) is 9.68 Å². The van der Waals surface area contributed by atoms with Crippen molar-refractivity contribution in [1.29, 1.82) is 0 Å². The molecule has 0 saturated heterocycles. The van der Waals surface area contributed by atoms with Crippen molar-refractivity contribution in [3.63, 3.8) is 0 Å². The van der Waals surface area contributed by atoms with E-state index in [1.165, 1.54) is 0 Å². The lowest BCUT2D eigenvalue weighted by molar-refractivity contribution is -0.213. The lowest BCUT2D eigenvalue weighted by Crippen LogP contribution is -2.05. The van der Waals surface area contributed by atoms with E-state index in [0.717, 1.165) is 0 Å². The van der Waals surface area contributed by atoms with Crippen LogP contribution in [-0.4, -0.2) is 5.97 Å². The van der Waals surface area contributed by atoms with Gasteiger partial charge >= 0.3 is 5.97 Å². The summed E-state index contributed by atoms with van der Waals surface area (Å²) in [6, 6.07) is 8.88. The van der Waals surface area contributed by atoms with E-state index in [4.69, 9.17) is 4.89 Å². The summed E-state index contributed by atoms with van der Waals surface area (Å²) in [4.78, 5) is 19.8. The quantitative estimate of drug-likeness (QED) is 0.508. The molecule has 12 heavy (non-hydrogen) atoms. The molecule has 0 aliphatic rings. The molecule has 1 rings (SSSR count). The molecule has 0 N–H and O–H groups in total. The van der Waals surface area contributed by atoms with Gasteiger partial charge in [0.2, 0.25) is 0 Å². The average Bonchev–Trinajstić information content (AvgIpc) is 2.16. The third kappa shape index (κ3) is 2.62. The number of hydrogen-bond donors (Lipinski definition) is 0. The second-order valence-electron chi connectivity index (χ2n) is 2.21. The SMILES string of the molecule is CCC(=O)OOc1ccccc1. The predicted octanol–water partition coefficient (Wildman–Crippen LogP) is 1.93. The van der Waals surface area contributed by atoms with E-state index in [2.05, 4.69) is 4.89 Å². The molecule has 0 aromatic heterocycles. The minimum atomic E-state index is -0.376. The first kappa shape index (κ1) is 8.59. The summed E-state index contributed by atoms with van der Waals surface area (Å²) in [6.07, 6.45) is 0.312. The first-order valence-corrected chi connectivity index (χ1v) is 3.75. The maximum Gasteiger partial charge on any atom is 0.355 e. The topological polar surface area (TPSA) is 35.5 Å². The minimum Gasteiger partial charge on any atom is -0.287 e. The third-order valence-electron chi connectivity index (χ3n) is 1.26. The van der Waals surface area contributed by atoms with Crippen LogP contribution in [0.3, 0.4) is 0 Å². The molecule has 0 spiro atoms. The number of hydrogen-bond acceptors (Lipinski definition) is 3. The summed E-state index contributed by atoms with van der Waals surface area (Å²) in [6.45, 7) is 1.71. The second kappa shape index (κ2) is 4.38. The van der Waals surface area contributed by atoms with Crippen molar-refractivity contribution < 1.29 is 14.6 Å². The third-order valence-corrected chi connectivity index (χ3v) is 1.26. The van der Waals surface area contributed by atoms with E-state index in [1.54, 1.807) is 31.2 Å². The van der Waals surface area contributed by atoms with Gasteiger partial charge in [-0.1, -0.05) is 25.1 Å². The summed E-state index contributed by atoms with van der Waals surface area (Å²) in [7, 11) is 0. The smallest absolute Gasteiger partial charge is 0.287 e. The van der Waals surface area contributed by atoms with Gasteiger partial charge in [0, 0.05) is 6.42 Å². The van der Waals surface area contributed by atoms with Gasteiger partial charge in [-0.2, -0.15) is 0 Å². The zero-order valence-electron chi connectivity index (χ0n) is 6.82. The van der Waals surface area contributed by atoms with Gasteiger partial charge in [0.15, 0.2) is 5.75 Å². The molecule has 0 aliphatic carbocycles. The first-order valence-electron chi connectivity index (χ1n) is 3.75. The summed E-state index contributed by atoms with van der Waals surface area (Å²) in [5, 5.41) is 0. The fraction of sp³-hybridized carbons (Fsp3) is 0.222. The molecule has 0 bridgehead atoms. The van der Waals surface area contributed by atoms with Crippen molar-refractivity contribution in [3.05, 3.63) is 30.3 Å². The van der Waals surface area contributed by atoms with Gasteiger partial charge in [0.25, 0.3) is 0 Å². The Hall–Kier alpha value is -1.51.